The Morgan fingerprint density at radius 2 is 1.48 bits per heavy atom. The molecule has 0 aliphatic carbocycles. The van der Waals surface area contributed by atoms with Gasteiger partial charge in [-0.1, -0.05) is 30.3 Å². The van der Waals surface area contributed by atoms with E-state index in [0.29, 0.717) is 5.56 Å². The van der Waals surface area contributed by atoms with Crippen LogP contribution in [0, 0.1) is 0 Å². The van der Waals surface area contributed by atoms with Gasteiger partial charge >= 0.3 is 5.97 Å². The highest BCUT2D eigenvalue weighted by atomic mass is 16.4. The van der Waals surface area contributed by atoms with Crippen LogP contribution in [0.15, 0.2) is 54.6 Å². The number of amides is 1. The zero-order chi connectivity index (χ0) is 15.4. The fourth-order valence-electron chi connectivity index (χ4n) is 1.96. The number of carboxylic acid groups (broad SMARTS) is 1. The summed E-state index contributed by atoms with van der Waals surface area (Å²) < 4.78 is 0. The highest BCUT2D eigenvalue weighted by Crippen LogP contribution is 2.21. The molecule has 106 valence electrons. The van der Waals surface area contributed by atoms with Crippen molar-refractivity contribution in [2.45, 2.75) is 0 Å². The maximum atomic E-state index is 12.4. The van der Waals surface area contributed by atoms with E-state index in [0.717, 1.165) is 0 Å². The first-order chi connectivity index (χ1) is 10.0. The Bertz CT molecular complexity index is 694. The van der Waals surface area contributed by atoms with Gasteiger partial charge in [0.1, 0.15) is 0 Å². The van der Waals surface area contributed by atoms with Crippen LogP contribution in [0.25, 0.3) is 0 Å². The summed E-state index contributed by atoms with van der Waals surface area (Å²) >= 11 is 0. The van der Waals surface area contributed by atoms with Crippen LogP contribution in [0.3, 0.4) is 0 Å². The molecule has 0 unspecified atom stereocenters. The second-order valence-electron chi connectivity index (χ2n) is 4.38. The number of anilines is 1. The van der Waals surface area contributed by atoms with E-state index in [9.17, 15) is 14.4 Å². The van der Waals surface area contributed by atoms with Crippen molar-refractivity contribution in [3.63, 3.8) is 0 Å². The molecule has 0 aliphatic heterocycles. The fraction of sp³-hybridized carbons (Fsp3) is 0.0625. The molecule has 0 atom stereocenters. The quantitative estimate of drug-likeness (QED) is 0.689. The van der Waals surface area contributed by atoms with Crippen LogP contribution in [-0.2, 0) is 4.79 Å². The molecule has 0 saturated carbocycles. The second kappa shape index (κ2) is 6.00. The third kappa shape index (κ3) is 2.97. The summed E-state index contributed by atoms with van der Waals surface area (Å²) in [5.41, 5.74) is 0.702. The molecule has 0 spiro atoms. The lowest BCUT2D eigenvalue weighted by atomic mass is 10.1. The van der Waals surface area contributed by atoms with Crippen molar-refractivity contribution < 1.29 is 19.5 Å². The number of hydrogen-bond acceptors (Lipinski definition) is 3. The number of carbonyl (C=O) groups is 3. The SMILES string of the molecule is CN(C(=O)c1ccccc1)c1ccccc1C(=O)C(=O)O. The predicted molar refractivity (Wildman–Crippen MR) is 77.6 cm³/mol. The Hall–Kier alpha value is -2.95. The van der Waals surface area contributed by atoms with Crippen LogP contribution in [0.5, 0.6) is 0 Å². The lowest BCUT2D eigenvalue weighted by Gasteiger charge is -2.19. The molecule has 0 aliphatic rings. The molecule has 5 heteroatoms. The van der Waals surface area contributed by atoms with E-state index in [1.54, 1.807) is 42.5 Å². The van der Waals surface area contributed by atoms with E-state index < -0.39 is 11.8 Å². The third-order valence-corrected chi connectivity index (χ3v) is 3.03. The Balaban J connectivity index is 2.40. The number of aliphatic carboxylic acids is 1. The summed E-state index contributed by atoms with van der Waals surface area (Å²) in [7, 11) is 1.50. The number of rotatable bonds is 4. The fourth-order valence-corrected chi connectivity index (χ4v) is 1.96. The van der Waals surface area contributed by atoms with Crippen molar-refractivity contribution in [3.05, 3.63) is 65.7 Å². The van der Waals surface area contributed by atoms with Crippen molar-refractivity contribution in [1.82, 2.24) is 0 Å². The van der Waals surface area contributed by atoms with Crippen molar-refractivity contribution in [2.75, 3.05) is 11.9 Å². The van der Waals surface area contributed by atoms with Crippen molar-refractivity contribution >= 4 is 23.3 Å². The Kier molecular flexibility index (Phi) is 4.13. The molecule has 0 fully saturated rings. The smallest absolute Gasteiger partial charge is 0.377 e. The summed E-state index contributed by atoms with van der Waals surface area (Å²) in [5, 5.41) is 8.84. The van der Waals surface area contributed by atoms with Crippen LogP contribution in [0.1, 0.15) is 20.7 Å². The number of hydrogen-bond donors (Lipinski definition) is 1. The van der Waals surface area contributed by atoms with Crippen molar-refractivity contribution in [2.24, 2.45) is 0 Å². The second-order valence-corrected chi connectivity index (χ2v) is 4.38. The van der Waals surface area contributed by atoms with Crippen LogP contribution in [0.4, 0.5) is 5.69 Å². The van der Waals surface area contributed by atoms with E-state index in [4.69, 9.17) is 5.11 Å². The molecular formula is C16H13NO4. The van der Waals surface area contributed by atoms with Gasteiger partial charge in [-0.15, -0.1) is 0 Å². The minimum Gasteiger partial charge on any atom is -0.475 e. The molecule has 1 N–H and O–H groups in total. The van der Waals surface area contributed by atoms with Gasteiger partial charge < -0.3 is 10.0 Å². The van der Waals surface area contributed by atoms with E-state index in [1.165, 1.54) is 24.1 Å². The number of para-hydroxylation sites is 1. The zero-order valence-corrected chi connectivity index (χ0v) is 11.3. The Morgan fingerprint density at radius 1 is 0.905 bits per heavy atom. The van der Waals surface area contributed by atoms with Crippen LogP contribution in [0.2, 0.25) is 0 Å². The van der Waals surface area contributed by atoms with E-state index in [1.807, 2.05) is 0 Å². The predicted octanol–water partition coefficient (Wildman–Crippen LogP) is 2.23. The molecule has 0 heterocycles. The first-order valence-electron chi connectivity index (χ1n) is 6.22. The molecule has 2 aromatic carbocycles. The number of Topliss-reactive ketones (excluding diaryl/α,β-unsaturated/α-hetero) is 1. The number of ketones is 1. The van der Waals surface area contributed by atoms with Crippen LogP contribution in [-0.4, -0.2) is 29.8 Å². The molecule has 2 aromatic rings. The molecule has 1 amide bonds. The summed E-state index contributed by atoms with van der Waals surface area (Å²) in [5.74, 6) is -2.91. The van der Waals surface area contributed by atoms with E-state index in [-0.39, 0.29) is 17.2 Å². The number of nitrogens with zero attached hydrogens (tertiary/aromatic N) is 1. The van der Waals surface area contributed by atoms with Gasteiger partial charge in [0.05, 0.1) is 11.3 Å². The lowest BCUT2D eigenvalue weighted by molar-refractivity contribution is -0.131. The first kappa shape index (κ1) is 14.5. The van der Waals surface area contributed by atoms with Gasteiger partial charge in [0, 0.05) is 12.6 Å². The average molecular weight is 283 g/mol. The summed E-state index contributed by atoms with van der Waals surface area (Å²) in [4.78, 5) is 36.2. The lowest BCUT2D eigenvalue weighted by Crippen LogP contribution is -2.28. The number of carboxylic acids is 1. The third-order valence-electron chi connectivity index (χ3n) is 3.03. The van der Waals surface area contributed by atoms with Crippen molar-refractivity contribution in [1.29, 1.82) is 0 Å². The van der Waals surface area contributed by atoms with Gasteiger partial charge in [-0.2, -0.15) is 0 Å². The summed E-state index contributed by atoms with van der Waals surface area (Å²) in [6.07, 6.45) is 0. The highest BCUT2D eigenvalue weighted by molar-refractivity contribution is 6.41. The molecule has 0 bridgehead atoms. The number of benzene rings is 2. The zero-order valence-electron chi connectivity index (χ0n) is 11.3. The monoisotopic (exact) mass is 283 g/mol. The topological polar surface area (TPSA) is 74.7 Å². The Morgan fingerprint density at radius 3 is 2.10 bits per heavy atom. The molecule has 0 saturated heterocycles. The largest absolute Gasteiger partial charge is 0.475 e. The van der Waals surface area contributed by atoms with Crippen LogP contribution >= 0.6 is 0 Å². The normalized spacial score (nSPS) is 9.95. The van der Waals surface area contributed by atoms with Gasteiger partial charge in [-0.05, 0) is 24.3 Å². The molecule has 21 heavy (non-hydrogen) atoms. The molecule has 0 aromatic heterocycles. The van der Waals surface area contributed by atoms with Gasteiger partial charge in [0.15, 0.2) is 0 Å². The van der Waals surface area contributed by atoms with E-state index >= 15 is 0 Å². The minimum absolute atomic E-state index is 0.0169. The van der Waals surface area contributed by atoms with Gasteiger partial charge in [0.25, 0.3) is 11.7 Å². The van der Waals surface area contributed by atoms with Gasteiger partial charge in [0.2, 0.25) is 0 Å². The highest BCUT2D eigenvalue weighted by Gasteiger charge is 2.22. The maximum Gasteiger partial charge on any atom is 0.377 e. The van der Waals surface area contributed by atoms with Crippen LogP contribution < -0.4 is 4.90 Å². The first-order valence-corrected chi connectivity index (χ1v) is 6.22. The minimum atomic E-state index is -1.55. The van der Waals surface area contributed by atoms with Gasteiger partial charge in [-0.3, -0.25) is 9.59 Å². The van der Waals surface area contributed by atoms with E-state index in [2.05, 4.69) is 0 Å². The maximum absolute atomic E-state index is 12.4. The van der Waals surface area contributed by atoms with Gasteiger partial charge in [-0.25, -0.2) is 4.79 Å². The summed E-state index contributed by atoms with van der Waals surface area (Å²) in [6, 6.07) is 14.7. The Labute approximate surface area is 121 Å². The molecular weight excluding hydrogens is 270 g/mol. The summed E-state index contributed by atoms with van der Waals surface area (Å²) in [6.45, 7) is 0. The molecule has 2 rings (SSSR count). The molecule has 0 radical (unpaired) electrons. The standard InChI is InChI=1S/C16H13NO4/c1-17(15(19)11-7-3-2-4-8-11)13-10-6-5-9-12(13)14(18)16(20)21/h2-10H,1H3,(H,20,21). The molecule has 5 nitrogen and oxygen atoms in total. The average Bonchev–Trinajstić information content (AvgIpc) is 2.53. The van der Waals surface area contributed by atoms with Crippen molar-refractivity contribution in [3.8, 4) is 0 Å². The number of carbonyl (C=O) groups excluding carboxylic acids is 2.